The summed E-state index contributed by atoms with van der Waals surface area (Å²) < 4.78 is 41.7. The normalized spacial score (nSPS) is 13.3. The van der Waals surface area contributed by atoms with Crippen molar-refractivity contribution in [2.75, 3.05) is 11.5 Å². The number of aryl methyl sites for hydroxylation is 1. The zero-order valence-electron chi connectivity index (χ0n) is 18.7. The van der Waals surface area contributed by atoms with Crippen molar-refractivity contribution in [1.82, 2.24) is 20.3 Å². The van der Waals surface area contributed by atoms with Gasteiger partial charge >= 0.3 is 18.1 Å². The third kappa shape index (κ3) is 6.20. The first kappa shape index (κ1) is 26.2. The molecule has 3 aromatic rings. The number of nitrogens with two attached hydrogens (primary N) is 2. The summed E-state index contributed by atoms with van der Waals surface area (Å²) in [4.78, 5) is 44.9. The lowest BCUT2D eigenvalue weighted by molar-refractivity contribution is -0.151. The van der Waals surface area contributed by atoms with Crippen molar-refractivity contribution < 1.29 is 37.8 Å². The van der Waals surface area contributed by atoms with Crippen LogP contribution in [0.15, 0.2) is 30.5 Å². The Bertz CT molecular complexity index is 1280. The van der Waals surface area contributed by atoms with E-state index in [1.165, 1.54) is 6.20 Å². The van der Waals surface area contributed by atoms with Crippen molar-refractivity contribution in [3.63, 3.8) is 0 Å². The van der Waals surface area contributed by atoms with E-state index in [4.69, 9.17) is 21.7 Å². The maximum atomic E-state index is 13.9. The molecule has 0 fully saturated rings. The third-order valence-electron chi connectivity index (χ3n) is 5.58. The number of nitrogens with zero attached hydrogens (tertiary/aromatic N) is 2. The average molecular weight is 508 g/mol. The second-order valence-corrected chi connectivity index (χ2v) is 8.06. The fourth-order valence-corrected chi connectivity index (χ4v) is 3.79. The van der Waals surface area contributed by atoms with Gasteiger partial charge in [0.15, 0.2) is 0 Å². The minimum absolute atomic E-state index is 0.00619. The molecule has 14 heteroatoms. The molecular weight excluding hydrogens is 485 g/mol. The lowest BCUT2D eigenvalue weighted by atomic mass is 9.91. The number of aromatic amines is 1. The molecule has 0 aliphatic carbocycles. The molecule has 0 spiro atoms. The number of anilines is 2. The number of carbonyl (C=O) groups is 3. The van der Waals surface area contributed by atoms with Crippen LogP contribution in [0, 0.1) is 0 Å². The first-order valence-corrected chi connectivity index (χ1v) is 10.7. The monoisotopic (exact) mass is 508 g/mol. The van der Waals surface area contributed by atoms with Gasteiger partial charge in [0.05, 0.1) is 11.3 Å². The number of nitrogen functional groups attached to an aromatic ring is 2. The molecule has 8 N–H and O–H groups in total. The molecule has 0 aliphatic heterocycles. The zero-order chi connectivity index (χ0) is 26.6. The number of hydrogen-bond acceptors (Lipinski definition) is 7. The lowest BCUT2D eigenvalue weighted by Crippen LogP contribution is -2.41. The Balaban J connectivity index is 1.75. The number of amides is 1. The van der Waals surface area contributed by atoms with Gasteiger partial charge in [0.25, 0.3) is 5.91 Å². The van der Waals surface area contributed by atoms with Gasteiger partial charge in [-0.3, -0.25) is 9.59 Å². The van der Waals surface area contributed by atoms with Crippen LogP contribution in [0.1, 0.15) is 46.7 Å². The van der Waals surface area contributed by atoms with Crippen LogP contribution < -0.4 is 16.8 Å². The number of H-pyrrole nitrogens is 1. The van der Waals surface area contributed by atoms with Gasteiger partial charge in [-0.15, -0.1) is 0 Å². The highest BCUT2D eigenvalue weighted by molar-refractivity contribution is 5.96. The molecule has 0 aliphatic rings. The Morgan fingerprint density at radius 2 is 1.72 bits per heavy atom. The Morgan fingerprint density at radius 1 is 1.06 bits per heavy atom. The largest absolute Gasteiger partial charge is 0.481 e. The van der Waals surface area contributed by atoms with Crippen LogP contribution in [0.5, 0.6) is 0 Å². The number of aliphatic carboxylic acids is 2. The average Bonchev–Trinajstić information content (AvgIpc) is 3.18. The summed E-state index contributed by atoms with van der Waals surface area (Å²) in [6.45, 7) is 0. The summed E-state index contributed by atoms with van der Waals surface area (Å²) in [6.07, 6.45) is -4.26. The fourth-order valence-electron chi connectivity index (χ4n) is 3.79. The molecule has 36 heavy (non-hydrogen) atoms. The van der Waals surface area contributed by atoms with Gasteiger partial charge in [-0.1, -0.05) is 12.1 Å². The third-order valence-corrected chi connectivity index (χ3v) is 5.58. The van der Waals surface area contributed by atoms with Crippen LogP contribution in [0.25, 0.3) is 11.0 Å². The smallest absolute Gasteiger partial charge is 0.395 e. The number of fused-ring (bicyclic) bond motifs is 1. The highest BCUT2D eigenvalue weighted by Gasteiger charge is 2.40. The van der Waals surface area contributed by atoms with Crippen LogP contribution in [0.3, 0.4) is 0 Å². The summed E-state index contributed by atoms with van der Waals surface area (Å²) >= 11 is 0. The SMILES string of the molecule is Nc1nc(N)c2c(CCC(c3ccc(C(=O)N[C@@H](CCC(=O)O)C(=O)O)cc3)C(F)(F)F)c[nH]c2n1. The van der Waals surface area contributed by atoms with E-state index in [1.807, 2.05) is 0 Å². The number of benzene rings is 1. The molecule has 1 aromatic carbocycles. The Labute approximate surface area is 201 Å². The van der Waals surface area contributed by atoms with E-state index in [0.29, 0.717) is 16.6 Å². The maximum Gasteiger partial charge on any atom is 0.395 e. The molecule has 0 radical (unpaired) electrons. The van der Waals surface area contributed by atoms with Gasteiger partial charge in [-0.25, -0.2) is 4.79 Å². The van der Waals surface area contributed by atoms with E-state index in [1.54, 1.807) is 0 Å². The van der Waals surface area contributed by atoms with Crippen molar-refractivity contribution in [3.8, 4) is 0 Å². The zero-order valence-corrected chi connectivity index (χ0v) is 18.7. The summed E-state index contributed by atoms with van der Waals surface area (Å²) in [5, 5.41) is 20.4. The highest BCUT2D eigenvalue weighted by Crippen LogP contribution is 2.39. The molecule has 2 aromatic heterocycles. The summed E-state index contributed by atoms with van der Waals surface area (Å²) in [5.41, 5.74) is 12.1. The van der Waals surface area contributed by atoms with Crippen LogP contribution in [-0.4, -0.2) is 55.2 Å². The Hall–Kier alpha value is -4.36. The van der Waals surface area contributed by atoms with E-state index in [9.17, 15) is 27.6 Å². The van der Waals surface area contributed by atoms with Crippen molar-refractivity contribution in [2.45, 2.75) is 43.8 Å². The van der Waals surface area contributed by atoms with Crippen molar-refractivity contribution in [3.05, 3.63) is 47.2 Å². The second-order valence-electron chi connectivity index (χ2n) is 8.06. The Kier molecular flexibility index (Phi) is 7.65. The predicted molar refractivity (Wildman–Crippen MR) is 122 cm³/mol. The number of hydrogen-bond donors (Lipinski definition) is 6. The molecule has 2 atom stereocenters. The number of alkyl halides is 3. The van der Waals surface area contributed by atoms with Gasteiger partial charge in [-0.2, -0.15) is 23.1 Å². The number of carboxylic acids is 2. The number of carboxylic acid groups (broad SMARTS) is 2. The van der Waals surface area contributed by atoms with Gasteiger partial charge in [0, 0.05) is 18.2 Å². The molecule has 1 amide bonds. The molecule has 11 nitrogen and oxygen atoms in total. The van der Waals surface area contributed by atoms with E-state index in [-0.39, 0.29) is 42.2 Å². The Morgan fingerprint density at radius 3 is 2.31 bits per heavy atom. The van der Waals surface area contributed by atoms with Gasteiger partial charge < -0.3 is 32.0 Å². The van der Waals surface area contributed by atoms with Gasteiger partial charge in [0.2, 0.25) is 5.95 Å². The van der Waals surface area contributed by atoms with Crippen LogP contribution in [0.2, 0.25) is 0 Å². The summed E-state index contributed by atoms with van der Waals surface area (Å²) in [7, 11) is 0. The molecule has 0 saturated heterocycles. The predicted octanol–water partition coefficient (Wildman–Crippen LogP) is 2.45. The van der Waals surface area contributed by atoms with E-state index >= 15 is 0 Å². The maximum absolute atomic E-state index is 13.9. The van der Waals surface area contributed by atoms with Crippen molar-refractivity contribution in [2.24, 2.45) is 0 Å². The lowest BCUT2D eigenvalue weighted by Gasteiger charge is -2.21. The van der Waals surface area contributed by atoms with Crippen LogP contribution in [0.4, 0.5) is 24.9 Å². The second kappa shape index (κ2) is 10.5. The number of nitrogens with one attached hydrogen (secondary N) is 2. The van der Waals surface area contributed by atoms with Crippen LogP contribution >= 0.6 is 0 Å². The molecule has 2 heterocycles. The highest BCUT2D eigenvalue weighted by atomic mass is 19.4. The first-order chi connectivity index (χ1) is 16.9. The topological polar surface area (TPSA) is 197 Å². The quantitative estimate of drug-likeness (QED) is 0.238. The number of rotatable bonds is 10. The van der Waals surface area contributed by atoms with E-state index in [2.05, 4.69) is 20.3 Å². The molecule has 192 valence electrons. The molecule has 0 bridgehead atoms. The summed E-state index contributed by atoms with van der Waals surface area (Å²) in [5.74, 6) is -5.39. The van der Waals surface area contributed by atoms with Crippen molar-refractivity contribution >= 4 is 40.6 Å². The van der Waals surface area contributed by atoms with Gasteiger partial charge in [0.1, 0.15) is 17.5 Å². The molecule has 0 saturated carbocycles. The van der Waals surface area contributed by atoms with E-state index < -0.39 is 42.4 Å². The standard InChI is InChI=1S/C22H23F3N6O5/c23-22(24,25)13(6-5-12-9-28-18-16(12)17(26)30-21(27)31-18)10-1-3-11(4-2-10)19(34)29-14(20(35)36)7-8-15(32)33/h1-4,9,13-14H,5-8H2,(H,29,34)(H,32,33)(H,35,36)(H5,26,27,28,30,31)/t13?,14-/m0/s1. The number of carbonyl (C=O) groups excluding carboxylic acids is 1. The molecule has 1 unspecified atom stereocenters. The summed E-state index contributed by atoms with van der Waals surface area (Å²) in [6, 6.07) is 3.14. The minimum atomic E-state index is -4.59. The first-order valence-electron chi connectivity index (χ1n) is 10.7. The van der Waals surface area contributed by atoms with Crippen molar-refractivity contribution in [1.29, 1.82) is 0 Å². The molecular formula is C22H23F3N6O5. The van der Waals surface area contributed by atoms with E-state index in [0.717, 1.165) is 24.3 Å². The van der Waals surface area contributed by atoms with Crippen LogP contribution in [-0.2, 0) is 16.0 Å². The van der Waals surface area contributed by atoms with Gasteiger partial charge in [-0.05, 0) is 42.5 Å². The molecule has 3 rings (SSSR count). The minimum Gasteiger partial charge on any atom is -0.481 e. The fraction of sp³-hybridized carbons (Fsp3) is 0.318. The number of aromatic nitrogens is 3. The number of halogens is 3.